The van der Waals surface area contributed by atoms with Crippen molar-refractivity contribution in [2.24, 2.45) is 5.92 Å². The number of amides is 4. The predicted molar refractivity (Wildman–Crippen MR) is 122 cm³/mol. The molecule has 4 N–H and O–H groups in total. The number of aromatic nitrogens is 1. The third-order valence-electron chi connectivity index (χ3n) is 5.11. The van der Waals surface area contributed by atoms with Gasteiger partial charge in [-0.15, -0.1) is 0 Å². The Morgan fingerprint density at radius 1 is 1.18 bits per heavy atom. The number of carbonyl (C=O) groups is 4. The summed E-state index contributed by atoms with van der Waals surface area (Å²) < 4.78 is 0. The highest BCUT2D eigenvalue weighted by atomic mass is 16.4. The Kier molecular flexibility index (Phi) is 7.60. The van der Waals surface area contributed by atoms with Crippen LogP contribution in [0.5, 0.6) is 0 Å². The molecule has 1 saturated heterocycles. The average molecular weight is 453 g/mol. The molecule has 10 nitrogen and oxygen atoms in total. The summed E-state index contributed by atoms with van der Waals surface area (Å²) in [4.78, 5) is 54.2. The summed E-state index contributed by atoms with van der Waals surface area (Å²) in [5.41, 5.74) is 1.66. The number of carboxylic acid groups (broad SMARTS) is 1. The van der Waals surface area contributed by atoms with E-state index in [1.807, 2.05) is 13.8 Å². The highest BCUT2D eigenvalue weighted by molar-refractivity contribution is 6.01. The molecular formula is C23H27N5O5. The van der Waals surface area contributed by atoms with Crippen molar-refractivity contribution in [3.8, 4) is 0 Å². The molecule has 1 aromatic heterocycles. The Morgan fingerprint density at radius 2 is 1.97 bits per heavy atom. The first-order valence-electron chi connectivity index (χ1n) is 10.6. The molecule has 1 fully saturated rings. The summed E-state index contributed by atoms with van der Waals surface area (Å²) in [7, 11) is 0. The van der Waals surface area contributed by atoms with Crippen molar-refractivity contribution < 1.29 is 24.3 Å². The van der Waals surface area contributed by atoms with Crippen LogP contribution >= 0.6 is 0 Å². The van der Waals surface area contributed by atoms with E-state index < -0.39 is 23.8 Å². The first kappa shape index (κ1) is 23.7. The maximum absolute atomic E-state index is 12.9. The zero-order valence-electron chi connectivity index (χ0n) is 18.4. The van der Waals surface area contributed by atoms with Crippen LogP contribution in [0.15, 0.2) is 48.8 Å². The lowest BCUT2D eigenvalue weighted by atomic mass is 10.0. The van der Waals surface area contributed by atoms with Crippen molar-refractivity contribution in [3.63, 3.8) is 0 Å². The Labute approximate surface area is 191 Å². The minimum absolute atomic E-state index is 0.00412. The molecule has 33 heavy (non-hydrogen) atoms. The molecule has 3 rings (SSSR count). The number of hydrogen-bond acceptors (Lipinski definition) is 5. The number of pyridine rings is 1. The van der Waals surface area contributed by atoms with Gasteiger partial charge in [-0.1, -0.05) is 12.1 Å². The fraction of sp³-hybridized carbons (Fsp3) is 0.348. The van der Waals surface area contributed by atoms with Crippen molar-refractivity contribution in [1.82, 2.24) is 15.6 Å². The van der Waals surface area contributed by atoms with Crippen LogP contribution in [0.2, 0.25) is 0 Å². The summed E-state index contributed by atoms with van der Waals surface area (Å²) >= 11 is 0. The SMILES string of the molecule is CC(C)NC(=O)Nc1cccc(N2CC(C(=O)NC(CC(=O)O)c3cccnc3)CC2=O)c1. The first-order valence-corrected chi connectivity index (χ1v) is 10.6. The van der Waals surface area contributed by atoms with E-state index in [2.05, 4.69) is 20.9 Å². The van der Waals surface area contributed by atoms with Crippen LogP contribution in [0.25, 0.3) is 0 Å². The quantitative estimate of drug-likeness (QED) is 0.483. The average Bonchev–Trinajstić information content (AvgIpc) is 3.15. The minimum Gasteiger partial charge on any atom is -0.481 e. The Morgan fingerprint density at radius 3 is 2.64 bits per heavy atom. The van der Waals surface area contributed by atoms with Crippen LogP contribution in [-0.2, 0) is 14.4 Å². The van der Waals surface area contributed by atoms with E-state index in [-0.39, 0.29) is 37.4 Å². The molecule has 0 saturated carbocycles. The molecule has 0 bridgehead atoms. The molecule has 1 aliphatic heterocycles. The number of carbonyl (C=O) groups excluding carboxylic acids is 3. The lowest BCUT2D eigenvalue weighted by molar-refractivity contribution is -0.138. The molecule has 2 heterocycles. The smallest absolute Gasteiger partial charge is 0.319 e. The van der Waals surface area contributed by atoms with Gasteiger partial charge in [-0.25, -0.2) is 4.79 Å². The van der Waals surface area contributed by atoms with Gasteiger partial charge in [0.05, 0.1) is 18.4 Å². The zero-order valence-corrected chi connectivity index (χ0v) is 18.4. The molecule has 1 aromatic carbocycles. The van der Waals surface area contributed by atoms with Gasteiger partial charge in [0.25, 0.3) is 0 Å². The van der Waals surface area contributed by atoms with Gasteiger partial charge in [0, 0.05) is 42.8 Å². The van der Waals surface area contributed by atoms with Crippen molar-refractivity contribution in [3.05, 3.63) is 54.4 Å². The third kappa shape index (κ3) is 6.52. The lowest BCUT2D eigenvalue weighted by Gasteiger charge is -2.20. The van der Waals surface area contributed by atoms with Crippen LogP contribution in [0, 0.1) is 5.92 Å². The fourth-order valence-corrected chi connectivity index (χ4v) is 3.61. The molecule has 174 valence electrons. The molecule has 2 atom stereocenters. The number of hydrogen-bond donors (Lipinski definition) is 4. The highest BCUT2D eigenvalue weighted by Gasteiger charge is 2.36. The summed E-state index contributed by atoms with van der Waals surface area (Å²) in [5.74, 6) is -2.31. The number of nitrogens with one attached hydrogen (secondary N) is 3. The summed E-state index contributed by atoms with van der Waals surface area (Å²) in [6.07, 6.45) is 2.78. The van der Waals surface area contributed by atoms with E-state index in [1.54, 1.807) is 42.6 Å². The number of aliphatic carboxylic acids is 1. The van der Waals surface area contributed by atoms with Crippen LogP contribution in [-0.4, -0.2) is 46.5 Å². The van der Waals surface area contributed by atoms with Crippen LogP contribution in [0.3, 0.4) is 0 Å². The first-order chi connectivity index (χ1) is 15.7. The van der Waals surface area contributed by atoms with Gasteiger partial charge in [0.1, 0.15) is 0 Å². The number of benzene rings is 1. The Balaban J connectivity index is 1.68. The van der Waals surface area contributed by atoms with Crippen molar-refractivity contribution >= 4 is 35.2 Å². The van der Waals surface area contributed by atoms with Crippen molar-refractivity contribution in [2.45, 2.75) is 38.8 Å². The van der Waals surface area contributed by atoms with Crippen LogP contribution < -0.4 is 20.9 Å². The largest absolute Gasteiger partial charge is 0.481 e. The van der Waals surface area contributed by atoms with Gasteiger partial charge in [0.15, 0.2) is 0 Å². The number of urea groups is 1. The Bertz CT molecular complexity index is 1030. The summed E-state index contributed by atoms with van der Waals surface area (Å²) in [6.45, 7) is 3.85. The topological polar surface area (TPSA) is 141 Å². The summed E-state index contributed by atoms with van der Waals surface area (Å²) in [6, 6.07) is 9.05. The molecule has 0 spiro atoms. The molecule has 2 unspecified atom stereocenters. The molecule has 0 aliphatic carbocycles. The van der Waals surface area contributed by atoms with Crippen LogP contribution in [0.1, 0.15) is 38.3 Å². The van der Waals surface area contributed by atoms with Gasteiger partial charge < -0.3 is 26.0 Å². The van der Waals surface area contributed by atoms with Crippen molar-refractivity contribution in [1.29, 1.82) is 0 Å². The normalized spacial score (nSPS) is 16.4. The minimum atomic E-state index is -1.06. The molecule has 0 radical (unpaired) electrons. The van der Waals surface area contributed by atoms with E-state index in [1.165, 1.54) is 11.1 Å². The second kappa shape index (κ2) is 10.6. The maximum atomic E-state index is 12.9. The number of nitrogens with zero attached hydrogens (tertiary/aromatic N) is 2. The third-order valence-corrected chi connectivity index (χ3v) is 5.11. The predicted octanol–water partition coefficient (Wildman–Crippen LogP) is 2.30. The highest BCUT2D eigenvalue weighted by Crippen LogP contribution is 2.28. The van der Waals surface area contributed by atoms with E-state index in [4.69, 9.17) is 0 Å². The van der Waals surface area contributed by atoms with E-state index in [0.717, 1.165) is 0 Å². The monoisotopic (exact) mass is 453 g/mol. The maximum Gasteiger partial charge on any atom is 0.319 e. The molecule has 2 aromatic rings. The molecule has 4 amide bonds. The molecular weight excluding hydrogens is 426 g/mol. The van der Waals surface area contributed by atoms with E-state index in [9.17, 15) is 24.3 Å². The van der Waals surface area contributed by atoms with Crippen molar-refractivity contribution in [2.75, 3.05) is 16.8 Å². The number of anilines is 2. The second-order valence-electron chi connectivity index (χ2n) is 8.15. The lowest BCUT2D eigenvalue weighted by Crippen LogP contribution is -2.36. The van der Waals surface area contributed by atoms with Gasteiger partial charge in [-0.3, -0.25) is 19.4 Å². The second-order valence-corrected chi connectivity index (χ2v) is 8.15. The van der Waals surface area contributed by atoms with Gasteiger partial charge in [0.2, 0.25) is 11.8 Å². The van der Waals surface area contributed by atoms with E-state index >= 15 is 0 Å². The zero-order chi connectivity index (χ0) is 24.0. The van der Waals surface area contributed by atoms with Gasteiger partial charge in [-0.2, -0.15) is 0 Å². The number of rotatable bonds is 8. The number of carboxylic acids is 1. The molecule has 1 aliphatic rings. The summed E-state index contributed by atoms with van der Waals surface area (Å²) in [5, 5.41) is 17.4. The standard InChI is InChI=1S/C23H27N5O5/c1-14(2)25-23(33)26-17-6-3-7-18(10-17)28-13-16(9-20(28)29)22(32)27-19(11-21(30)31)15-5-4-8-24-12-15/h3-8,10,12,14,16,19H,9,11,13H2,1-2H3,(H,27,32)(H,30,31)(H2,25,26,33). The fourth-order valence-electron chi connectivity index (χ4n) is 3.61. The van der Waals surface area contributed by atoms with Gasteiger partial charge >= 0.3 is 12.0 Å². The van der Waals surface area contributed by atoms with E-state index in [0.29, 0.717) is 16.9 Å². The Hall–Kier alpha value is -3.95. The molecule has 10 heteroatoms. The van der Waals surface area contributed by atoms with Gasteiger partial charge in [-0.05, 0) is 43.7 Å². The van der Waals surface area contributed by atoms with Crippen LogP contribution in [0.4, 0.5) is 16.2 Å².